The molecular formula is C17H24O. The first-order valence-corrected chi connectivity index (χ1v) is 7.11. The molecule has 0 bridgehead atoms. The van der Waals surface area contributed by atoms with Gasteiger partial charge in [-0.25, -0.2) is 0 Å². The van der Waals surface area contributed by atoms with E-state index in [9.17, 15) is 4.79 Å². The number of hydrogen-bond donors (Lipinski definition) is 0. The average Bonchev–Trinajstić information content (AvgIpc) is 2.34. The Morgan fingerprint density at radius 3 is 2.11 bits per heavy atom. The molecule has 1 saturated carbocycles. The maximum atomic E-state index is 12.6. The van der Waals surface area contributed by atoms with E-state index in [0.29, 0.717) is 5.78 Å². The SMILES string of the molecule is Cc1cc(C)c(C(=O)C2CCC(C)CC2)cc1C. The molecule has 1 aliphatic carbocycles. The smallest absolute Gasteiger partial charge is 0.166 e. The lowest BCUT2D eigenvalue weighted by atomic mass is 9.78. The van der Waals surface area contributed by atoms with Crippen molar-refractivity contribution in [3.63, 3.8) is 0 Å². The van der Waals surface area contributed by atoms with Crippen molar-refractivity contribution in [2.75, 3.05) is 0 Å². The highest BCUT2D eigenvalue weighted by molar-refractivity contribution is 5.99. The zero-order chi connectivity index (χ0) is 13.3. The van der Waals surface area contributed by atoms with Crippen molar-refractivity contribution in [2.24, 2.45) is 11.8 Å². The van der Waals surface area contributed by atoms with Crippen LogP contribution >= 0.6 is 0 Å². The molecule has 0 saturated heterocycles. The maximum absolute atomic E-state index is 12.6. The van der Waals surface area contributed by atoms with Gasteiger partial charge >= 0.3 is 0 Å². The van der Waals surface area contributed by atoms with Gasteiger partial charge in [-0.1, -0.05) is 25.8 Å². The van der Waals surface area contributed by atoms with Crippen LogP contribution < -0.4 is 0 Å². The van der Waals surface area contributed by atoms with Crippen LogP contribution in [0, 0.1) is 32.6 Å². The Morgan fingerprint density at radius 1 is 0.944 bits per heavy atom. The summed E-state index contributed by atoms with van der Waals surface area (Å²) in [5.41, 5.74) is 4.61. The van der Waals surface area contributed by atoms with Crippen LogP contribution in [0.25, 0.3) is 0 Å². The predicted octanol–water partition coefficient (Wildman–Crippen LogP) is 4.62. The second-order valence-corrected chi connectivity index (χ2v) is 6.07. The van der Waals surface area contributed by atoms with E-state index in [0.717, 1.165) is 29.9 Å². The highest BCUT2D eigenvalue weighted by Gasteiger charge is 2.26. The van der Waals surface area contributed by atoms with E-state index in [4.69, 9.17) is 0 Å². The Kier molecular flexibility index (Phi) is 3.89. The van der Waals surface area contributed by atoms with Gasteiger partial charge in [-0.05, 0) is 62.3 Å². The summed E-state index contributed by atoms with van der Waals surface area (Å²) in [5.74, 6) is 1.44. The topological polar surface area (TPSA) is 17.1 Å². The first kappa shape index (κ1) is 13.3. The van der Waals surface area contributed by atoms with Gasteiger partial charge in [-0.15, -0.1) is 0 Å². The summed E-state index contributed by atoms with van der Waals surface area (Å²) in [6.45, 7) is 8.56. The standard InChI is InChI=1S/C17H24O/c1-11-5-7-15(8-6-11)17(18)16-10-13(3)12(2)9-14(16)4/h9-11,15H,5-8H2,1-4H3. The van der Waals surface area contributed by atoms with Gasteiger partial charge in [0.15, 0.2) is 5.78 Å². The minimum absolute atomic E-state index is 0.266. The first-order chi connectivity index (χ1) is 8.49. The number of benzene rings is 1. The minimum Gasteiger partial charge on any atom is -0.294 e. The lowest BCUT2D eigenvalue weighted by Gasteiger charge is -2.25. The van der Waals surface area contributed by atoms with Gasteiger partial charge in [0.05, 0.1) is 0 Å². The van der Waals surface area contributed by atoms with Crippen molar-refractivity contribution in [1.29, 1.82) is 0 Å². The van der Waals surface area contributed by atoms with E-state index < -0.39 is 0 Å². The monoisotopic (exact) mass is 244 g/mol. The highest BCUT2D eigenvalue weighted by atomic mass is 16.1. The number of aryl methyl sites for hydroxylation is 3. The fourth-order valence-electron chi connectivity index (χ4n) is 2.97. The quantitative estimate of drug-likeness (QED) is 0.694. The van der Waals surface area contributed by atoms with Gasteiger partial charge in [0.1, 0.15) is 0 Å². The molecule has 0 aliphatic heterocycles. The van der Waals surface area contributed by atoms with Crippen molar-refractivity contribution in [3.8, 4) is 0 Å². The average molecular weight is 244 g/mol. The number of hydrogen-bond acceptors (Lipinski definition) is 1. The summed E-state index contributed by atoms with van der Waals surface area (Å²) >= 11 is 0. The van der Waals surface area contributed by atoms with E-state index in [-0.39, 0.29) is 5.92 Å². The normalized spacial score (nSPS) is 24.0. The molecule has 1 aromatic rings. The van der Waals surface area contributed by atoms with Crippen molar-refractivity contribution in [2.45, 2.75) is 53.4 Å². The van der Waals surface area contributed by atoms with Crippen molar-refractivity contribution in [1.82, 2.24) is 0 Å². The van der Waals surface area contributed by atoms with Gasteiger partial charge in [0.2, 0.25) is 0 Å². The molecule has 0 N–H and O–H groups in total. The zero-order valence-electron chi connectivity index (χ0n) is 12.0. The van der Waals surface area contributed by atoms with E-state index >= 15 is 0 Å². The van der Waals surface area contributed by atoms with Gasteiger partial charge in [0, 0.05) is 11.5 Å². The van der Waals surface area contributed by atoms with Crippen LogP contribution in [0.5, 0.6) is 0 Å². The summed E-state index contributed by atoms with van der Waals surface area (Å²) in [7, 11) is 0. The van der Waals surface area contributed by atoms with Crippen LogP contribution in [0.4, 0.5) is 0 Å². The number of Topliss-reactive ketones (excluding diaryl/α,β-unsaturated/α-hetero) is 1. The molecule has 0 heterocycles. The number of carbonyl (C=O) groups excluding carboxylic acids is 1. The third-order valence-electron chi connectivity index (χ3n) is 4.49. The number of rotatable bonds is 2. The zero-order valence-corrected chi connectivity index (χ0v) is 12.0. The van der Waals surface area contributed by atoms with Crippen molar-refractivity contribution < 1.29 is 4.79 Å². The lowest BCUT2D eigenvalue weighted by molar-refractivity contribution is 0.0875. The summed E-state index contributed by atoms with van der Waals surface area (Å²) in [6, 6.07) is 4.24. The van der Waals surface area contributed by atoms with Crippen LogP contribution in [0.1, 0.15) is 59.7 Å². The molecule has 1 nitrogen and oxygen atoms in total. The Morgan fingerprint density at radius 2 is 1.50 bits per heavy atom. The first-order valence-electron chi connectivity index (χ1n) is 7.11. The molecule has 1 aliphatic rings. The summed E-state index contributed by atoms with van der Waals surface area (Å²) in [5, 5.41) is 0. The Bertz CT molecular complexity index is 451. The molecular weight excluding hydrogens is 220 g/mol. The van der Waals surface area contributed by atoms with Gasteiger partial charge in [-0.2, -0.15) is 0 Å². The largest absolute Gasteiger partial charge is 0.294 e. The molecule has 0 spiro atoms. The van der Waals surface area contributed by atoms with Crippen molar-refractivity contribution in [3.05, 3.63) is 34.4 Å². The van der Waals surface area contributed by atoms with Crippen LogP contribution in [-0.4, -0.2) is 5.78 Å². The molecule has 18 heavy (non-hydrogen) atoms. The molecule has 0 aromatic heterocycles. The summed E-state index contributed by atoms with van der Waals surface area (Å²) in [6.07, 6.45) is 4.57. The third-order valence-corrected chi connectivity index (χ3v) is 4.49. The molecule has 1 aromatic carbocycles. The molecule has 2 rings (SSSR count). The molecule has 0 atom stereocenters. The highest BCUT2D eigenvalue weighted by Crippen LogP contribution is 2.31. The molecule has 0 amide bonds. The van der Waals surface area contributed by atoms with Crippen LogP contribution in [0.15, 0.2) is 12.1 Å². The fourth-order valence-corrected chi connectivity index (χ4v) is 2.97. The molecule has 0 radical (unpaired) electrons. The van der Waals surface area contributed by atoms with E-state index in [1.807, 2.05) is 0 Å². The minimum atomic E-state index is 0.266. The van der Waals surface area contributed by atoms with Crippen molar-refractivity contribution >= 4 is 5.78 Å². The second kappa shape index (κ2) is 5.26. The Balaban J connectivity index is 2.21. The Hall–Kier alpha value is -1.11. The molecule has 98 valence electrons. The lowest BCUT2D eigenvalue weighted by Crippen LogP contribution is -2.21. The van der Waals surface area contributed by atoms with Crippen LogP contribution in [-0.2, 0) is 0 Å². The molecule has 0 unspecified atom stereocenters. The fraction of sp³-hybridized carbons (Fsp3) is 0.588. The molecule has 1 heteroatoms. The summed E-state index contributed by atoms with van der Waals surface area (Å²) in [4.78, 5) is 12.6. The molecule has 1 fully saturated rings. The Labute approximate surface area is 111 Å². The summed E-state index contributed by atoms with van der Waals surface area (Å²) < 4.78 is 0. The second-order valence-electron chi connectivity index (χ2n) is 6.07. The van der Waals surface area contributed by atoms with Crippen LogP contribution in [0.3, 0.4) is 0 Å². The van der Waals surface area contributed by atoms with E-state index in [2.05, 4.69) is 39.8 Å². The predicted molar refractivity (Wildman–Crippen MR) is 76.1 cm³/mol. The third kappa shape index (κ3) is 2.66. The number of carbonyl (C=O) groups is 1. The number of ketones is 1. The van der Waals surface area contributed by atoms with Gasteiger partial charge in [-0.3, -0.25) is 4.79 Å². The van der Waals surface area contributed by atoms with Gasteiger partial charge < -0.3 is 0 Å². The maximum Gasteiger partial charge on any atom is 0.166 e. The van der Waals surface area contributed by atoms with Gasteiger partial charge in [0.25, 0.3) is 0 Å². The van der Waals surface area contributed by atoms with E-state index in [1.54, 1.807) is 0 Å². The van der Waals surface area contributed by atoms with E-state index in [1.165, 1.54) is 24.0 Å². The van der Waals surface area contributed by atoms with Crippen LogP contribution in [0.2, 0.25) is 0 Å².